The molecule has 1 fully saturated rings. The van der Waals surface area contributed by atoms with Gasteiger partial charge in [-0.3, -0.25) is 14.4 Å². The minimum atomic E-state index is -1.04. The number of nitrogens with zero attached hydrogens (tertiary/aromatic N) is 2. The number of aliphatic carboxylic acids is 1. The van der Waals surface area contributed by atoms with Gasteiger partial charge in [-0.25, -0.2) is 9.88 Å². The number of imide groups is 1. The molecule has 1 atom stereocenters. The number of aromatic hydroxyl groups is 1. The highest BCUT2D eigenvalue weighted by Gasteiger charge is 2.41. The molecule has 0 saturated carbocycles. The van der Waals surface area contributed by atoms with Gasteiger partial charge in [0.15, 0.2) is 5.13 Å². The van der Waals surface area contributed by atoms with Gasteiger partial charge in [-0.15, -0.1) is 11.3 Å². The average molecular weight is 347 g/mol. The Morgan fingerprint density at radius 3 is 2.83 bits per heavy atom. The van der Waals surface area contributed by atoms with Crippen LogP contribution in [-0.2, 0) is 20.8 Å². The Bertz CT molecular complexity index is 819. The molecule has 1 unspecified atom stereocenters. The molecule has 3 N–H and O–H groups in total. The summed E-state index contributed by atoms with van der Waals surface area (Å²) in [6.45, 7) is 0. The van der Waals surface area contributed by atoms with Crippen LogP contribution in [0.4, 0.5) is 10.8 Å². The van der Waals surface area contributed by atoms with E-state index >= 15 is 0 Å². The number of hydrogen-bond acceptors (Lipinski definition) is 7. The number of carbonyl (C=O) groups is 3. The van der Waals surface area contributed by atoms with E-state index in [4.69, 9.17) is 5.11 Å². The molecule has 0 radical (unpaired) electrons. The molecule has 0 bridgehead atoms. The minimum absolute atomic E-state index is 0.0193. The summed E-state index contributed by atoms with van der Waals surface area (Å²) in [5, 5.41) is 23.0. The van der Waals surface area contributed by atoms with Crippen molar-refractivity contribution in [2.45, 2.75) is 18.9 Å². The van der Waals surface area contributed by atoms with Crippen LogP contribution in [-0.4, -0.2) is 39.0 Å². The molecule has 9 heteroatoms. The van der Waals surface area contributed by atoms with Crippen LogP contribution in [0.15, 0.2) is 29.6 Å². The molecule has 24 heavy (non-hydrogen) atoms. The Morgan fingerprint density at radius 1 is 1.38 bits per heavy atom. The molecule has 124 valence electrons. The van der Waals surface area contributed by atoms with Crippen molar-refractivity contribution >= 4 is 39.9 Å². The van der Waals surface area contributed by atoms with Crippen molar-refractivity contribution < 1.29 is 24.6 Å². The van der Waals surface area contributed by atoms with E-state index in [2.05, 4.69) is 10.3 Å². The molecule has 1 aliphatic heterocycles. The summed E-state index contributed by atoms with van der Waals surface area (Å²) in [5.74, 6) is -1.97. The first-order valence-corrected chi connectivity index (χ1v) is 7.91. The van der Waals surface area contributed by atoms with Gasteiger partial charge in [-0.1, -0.05) is 12.1 Å². The minimum Gasteiger partial charge on any atom is -0.506 e. The van der Waals surface area contributed by atoms with Crippen LogP contribution in [0, 0.1) is 0 Å². The van der Waals surface area contributed by atoms with Crippen molar-refractivity contribution in [1.82, 2.24) is 4.98 Å². The Balaban J connectivity index is 1.78. The topological polar surface area (TPSA) is 120 Å². The molecule has 1 aromatic heterocycles. The highest BCUT2D eigenvalue weighted by Crippen LogP contribution is 2.30. The smallest absolute Gasteiger partial charge is 0.309 e. The second-order valence-corrected chi connectivity index (χ2v) is 6.01. The molecular weight excluding hydrogens is 334 g/mol. The summed E-state index contributed by atoms with van der Waals surface area (Å²) in [7, 11) is 0. The zero-order valence-corrected chi connectivity index (χ0v) is 13.1. The lowest BCUT2D eigenvalue weighted by Crippen LogP contribution is -2.34. The van der Waals surface area contributed by atoms with Crippen LogP contribution >= 0.6 is 11.3 Å². The second kappa shape index (κ2) is 6.28. The van der Waals surface area contributed by atoms with E-state index in [0.29, 0.717) is 11.4 Å². The van der Waals surface area contributed by atoms with Crippen molar-refractivity contribution in [1.29, 1.82) is 0 Å². The average Bonchev–Trinajstić information content (AvgIpc) is 3.06. The molecule has 1 saturated heterocycles. The monoisotopic (exact) mass is 347 g/mol. The first kappa shape index (κ1) is 15.9. The maximum atomic E-state index is 12.5. The standard InChI is InChI=1S/C15H13N3O5S/c19-11-4-2-1-3-9(11)17-10-6-12(20)18(14(10)23)15-16-8(7-24-15)5-13(21)22/h1-4,7,10,17,19H,5-6H2,(H,21,22). The second-order valence-electron chi connectivity index (χ2n) is 5.18. The zero-order chi connectivity index (χ0) is 17.3. The summed E-state index contributed by atoms with van der Waals surface area (Å²) in [5.41, 5.74) is 0.649. The number of para-hydroxylation sites is 2. The van der Waals surface area contributed by atoms with Crippen LogP contribution in [0.1, 0.15) is 12.1 Å². The molecule has 2 aromatic rings. The Kier molecular flexibility index (Phi) is 4.17. The SMILES string of the molecule is O=C(O)Cc1csc(N2C(=O)CC(Nc3ccccc3O)C2=O)n1. The number of carbonyl (C=O) groups excluding carboxylic acids is 2. The number of phenols is 1. The number of nitrogens with one attached hydrogen (secondary N) is 1. The first-order valence-electron chi connectivity index (χ1n) is 7.03. The summed E-state index contributed by atoms with van der Waals surface area (Å²) in [6, 6.07) is 5.61. The molecular formula is C15H13N3O5S. The van der Waals surface area contributed by atoms with E-state index in [1.165, 1.54) is 11.4 Å². The number of carboxylic acids is 1. The van der Waals surface area contributed by atoms with Crippen molar-refractivity contribution in [2.75, 3.05) is 10.2 Å². The number of thiazole rings is 1. The predicted molar refractivity (Wildman–Crippen MR) is 86.1 cm³/mol. The van der Waals surface area contributed by atoms with E-state index in [-0.39, 0.29) is 23.7 Å². The third-order valence-electron chi connectivity index (χ3n) is 3.44. The van der Waals surface area contributed by atoms with Gasteiger partial charge in [0.25, 0.3) is 5.91 Å². The van der Waals surface area contributed by atoms with Gasteiger partial charge in [0.05, 0.1) is 24.2 Å². The highest BCUT2D eigenvalue weighted by molar-refractivity contribution is 7.14. The molecule has 1 aromatic carbocycles. The predicted octanol–water partition coefficient (Wildman–Crippen LogP) is 1.22. The number of hydrogen-bond donors (Lipinski definition) is 3. The lowest BCUT2D eigenvalue weighted by atomic mass is 10.2. The fraction of sp³-hybridized carbons (Fsp3) is 0.200. The van der Waals surface area contributed by atoms with Crippen LogP contribution < -0.4 is 10.2 Å². The molecule has 1 aliphatic rings. The lowest BCUT2D eigenvalue weighted by Gasteiger charge is -2.14. The maximum absolute atomic E-state index is 12.5. The van der Waals surface area contributed by atoms with Crippen molar-refractivity contribution in [2.24, 2.45) is 0 Å². The van der Waals surface area contributed by atoms with Crippen LogP contribution in [0.25, 0.3) is 0 Å². The number of aromatic nitrogens is 1. The molecule has 8 nitrogen and oxygen atoms in total. The maximum Gasteiger partial charge on any atom is 0.309 e. The van der Waals surface area contributed by atoms with Crippen molar-refractivity contribution in [3.8, 4) is 5.75 Å². The third kappa shape index (κ3) is 3.06. The molecule has 0 aliphatic carbocycles. The molecule has 2 amide bonds. The molecule has 3 rings (SSSR count). The van der Waals surface area contributed by atoms with Gasteiger partial charge in [0, 0.05) is 5.38 Å². The van der Waals surface area contributed by atoms with Crippen LogP contribution in [0.5, 0.6) is 5.75 Å². The highest BCUT2D eigenvalue weighted by atomic mass is 32.1. The summed E-state index contributed by atoms with van der Waals surface area (Å²) < 4.78 is 0. The first-order chi connectivity index (χ1) is 11.5. The van der Waals surface area contributed by atoms with Crippen molar-refractivity contribution in [3.63, 3.8) is 0 Å². The molecule has 2 heterocycles. The Labute approximate surface area is 140 Å². The number of carboxylic acid groups (broad SMARTS) is 1. The van der Waals surface area contributed by atoms with E-state index < -0.39 is 23.8 Å². The number of rotatable bonds is 5. The van der Waals surface area contributed by atoms with Gasteiger partial charge >= 0.3 is 5.97 Å². The number of anilines is 2. The molecule has 0 spiro atoms. The zero-order valence-electron chi connectivity index (χ0n) is 12.3. The Hall–Kier alpha value is -2.94. The largest absolute Gasteiger partial charge is 0.506 e. The van der Waals surface area contributed by atoms with Crippen LogP contribution in [0.2, 0.25) is 0 Å². The van der Waals surface area contributed by atoms with Gasteiger partial charge in [0.1, 0.15) is 11.8 Å². The summed E-state index contributed by atoms with van der Waals surface area (Å²) in [4.78, 5) is 40.3. The normalized spacial score (nSPS) is 17.3. The van der Waals surface area contributed by atoms with E-state index in [1.807, 2.05) is 0 Å². The van der Waals surface area contributed by atoms with E-state index in [1.54, 1.807) is 18.2 Å². The number of benzene rings is 1. The number of phenolic OH excluding ortho intramolecular Hbond substituents is 1. The van der Waals surface area contributed by atoms with Crippen LogP contribution in [0.3, 0.4) is 0 Å². The van der Waals surface area contributed by atoms with E-state index in [9.17, 15) is 19.5 Å². The van der Waals surface area contributed by atoms with Gasteiger partial charge in [-0.05, 0) is 12.1 Å². The Morgan fingerprint density at radius 2 is 2.12 bits per heavy atom. The van der Waals surface area contributed by atoms with Gasteiger partial charge < -0.3 is 15.5 Å². The lowest BCUT2D eigenvalue weighted by molar-refractivity contribution is -0.136. The van der Waals surface area contributed by atoms with Gasteiger partial charge in [0.2, 0.25) is 5.91 Å². The fourth-order valence-corrected chi connectivity index (χ4v) is 3.21. The summed E-state index contributed by atoms with van der Waals surface area (Å²) in [6.07, 6.45) is -0.340. The third-order valence-corrected chi connectivity index (χ3v) is 4.32. The fourth-order valence-electron chi connectivity index (χ4n) is 2.36. The quantitative estimate of drug-likeness (QED) is 0.549. The van der Waals surface area contributed by atoms with Gasteiger partial charge in [-0.2, -0.15) is 0 Å². The van der Waals surface area contributed by atoms with Crippen molar-refractivity contribution in [3.05, 3.63) is 35.3 Å². The summed E-state index contributed by atoms with van der Waals surface area (Å²) >= 11 is 1.04. The number of amides is 2. The van der Waals surface area contributed by atoms with E-state index in [0.717, 1.165) is 16.2 Å².